The van der Waals surface area contributed by atoms with Gasteiger partial charge in [-0.1, -0.05) is 6.07 Å². The highest BCUT2D eigenvalue weighted by Gasteiger charge is 2.32. The Kier molecular flexibility index (Phi) is 5.51. The van der Waals surface area contributed by atoms with Crippen LogP contribution in [0.25, 0.3) is 0 Å². The Morgan fingerprint density at radius 1 is 1.42 bits per heavy atom. The quantitative estimate of drug-likeness (QED) is 0.809. The van der Waals surface area contributed by atoms with Gasteiger partial charge < -0.3 is 10.2 Å². The van der Waals surface area contributed by atoms with Crippen LogP contribution >= 0.6 is 0 Å². The van der Waals surface area contributed by atoms with Crippen molar-refractivity contribution in [2.24, 2.45) is 0 Å². The fourth-order valence-corrected chi connectivity index (χ4v) is 3.40. The van der Waals surface area contributed by atoms with Crippen LogP contribution in [0.3, 0.4) is 0 Å². The van der Waals surface area contributed by atoms with Crippen LogP contribution in [0, 0.1) is 0 Å². The second kappa shape index (κ2) is 7.08. The molecule has 0 aliphatic carbocycles. The summed E-state index contributed by atoms with van der Waals surface area (Å²) in [4.78, 5) is 12.9. The number of nitrogens with one attached hydrogen (secondary N) is 2. The molecule has 0 radical (unpaired) electrons. The Labute approximate surface area is 138 Å². The normalized spacial score (nSPS) is 18.6. The third-order valence-electron chi connectivity index (χ3n) is 3.86. The van der Waals surface area contributed by atoms with Crippen LogP contribution in [-0.2, 0) is 21.0 Å². The molecule has 1 aliphatic heterocycles. The first-order valence-corrected chi connectivity index (χ1v) is 8.73. The highest BCUT2D eigenvalue weighted by Crippen LogP contribution is 2.30. The van der Waals surface area contributed by atoms with Gasteiger partial charge in [0.2, 0.25) is 15.9 Å². The summed E-state index contributed by atoms with van der Waals surface area (Å²) in [7, 11) is -2.64. The van der Waals surface area contributed by atoms with E-state index in [1.165, 1.54) is 4.90 Å². The topological polar surface area (TPSA) is 78.5 Å². The van der Waals surface area contributed by atoms with Crippen LogP contribution in [0.15, 0.2) is 29.2 Å². The first-order chi connectivity index (χ1) is 11.1. The van der Waals surface area contributed by atoms with Crippen molar-refractivity contribution in [2.45, 2.75) is 23.5 Å². The lowest BCUT2D eigenvalue weighted by molar-refractivity contribution is -0.137. The molecule has 0 saturated carbocycles. The Morgan fingerprint density at radius 2 is 2.12 bits per heavy atom. The van der Waals surface area contributed by atoms with Crippen LogP contribution < -0.4 is 10.0 Å². The smallest absolute Gasteiger partial charge is 0.340 e. The molecule has 2 rings (SSSR count). The number of rotatable bonds is 5. The number of hydrogen-bond donors (Lipinski definition) is 2. The summed E-state index contributed by atoms with van der Waals surface area (Å²) in [6.07, 6.45) is -3.88. The summed E-state index contributed by atoms with van der Waals surface area (Å²) in [5.41, 5.74) is -1.06. The second-order valence-electron chi connectivity index (χ2n) is 5.50. The molecule has 1 amide bonds. The van der Waals surface area contributed by atoms with E-state index < -0.39 is 39.1 Å². The van der Waals surface area contributed by atoms with Crippen molar-refractivity contribution in [3.63, 3.8) is 0 Å². The molecule has 1 saturated heterocycles. The zero-order valence-corrected chi connectivity index (χ0v) is 13.7. The van der Waals surface area contributed by atoms with Gasteiger partial charge in [0.05, 0.1) is 17.0 Å². The van der Waals surface area contributed by atoms with E-state index in [1.807, 2.05) is 0 Å². The number of carbonyl (C=O) groups excluding carboxylic acids is 1. The van der Waals surface area contributed by atoms with E-state index in [2.05, 4.69) is 10.0 Å². The van der Waals surface area contributed by atoms with Gasteiger partial charge in [0, 0.05) is 19.6 Å². The fraction of sp³-hybridized carbons (Fsp3) is 0.500. The molecule has 1 aromatic rings. The second-order valence-corrected chi connectivity index (χ2v) is 7.27. The van der Waals surface area contributed by atoms with Crippen molar-refractivity contribution in [2.75, 3.05) is 26.7 Å². The maximum atomic E-state index is 12.7. The average molecular weight is 365 g/mol. The third-order valence-corrected chi connectivity index (χ3v) is 5.26. The zero-order valence-electron chi connectivity index (χ0n) is 12.9. The number of hydrogen-bond acceptors (Lipinski definition) is 4. The van der Waals surface area contributed by atoms with Crippen LogP contribution in [0.2, 0.25) is 0 Å². The molecule has 134 valence electrons. The van der Waals surface area contributed by atoms with Gasteiger partial charge in [0.15, 0.2) is 0 Å². The molecule has 0 spiro atoms. The minimum Gasteiger partial charge on any atom is -0.340 e. The number of sulfonamides is 1. The molecule has 2 N–H and O–H groups in total. The van der Waals surface area contributed by atoms with Gasteiger partial charge in [0.1, 0.15) is 0 Å². The van der Waals surface area contributed by atoms with Gasteiger partial charge in [-0.25, -0.2) is 13.1 Å². The molecule has 1 unspecified atom stereocenters. The molecular formula is C14H18F3N3O3S. The molecule has 0 aromatic heterocycles. The number of alkyl halides is 3. The summed E-state index contributed by atoms with van der Waals surface area (Å²) in [6.45, 7) is 0.895. The molecule has 1 aromatic carbocycles. The number of benzene rings is 1. The van der Waals surface area contributed by atoms with Crippen LogP contribution in [-0.4, -0.2) is 51.9 Å². The number of halogens is 3. The Hall–Kier alpha value is -1.65. The fourth-order valence-electron chi connectivity index (χ4n) is 2.38. The predicted octanol–water partition coefficient (Wildman–Crippen LogP) is 0.804. The molecule has 1 heterocycles. The number of nitrogens with zero attached hydrogens (tertiary/aromatic N) is 1. The lowest BCUT2D eigenvalue weighted by Crippen LogP contribution is -2.44. The molecule has 1 fully saturated rings. The van der Waals surface area contributed by atoms with E-state index in [-0.39, 0.29) is 6.04 Å². The van der Waals surface area contributed by atoms with Crippen molar-refractivity contribution in [3.05, 3.63) is 29.8 Å². The number of carbonyl (C=O) groups is 1. The van der Waals surface area contributed by atoms with E-state index in [0.717, 1.165) is 31.2 Å². The van der Waals surface area contributed by atoms with Gasteiger partial charge in [0.25, 0.3) is 0 Å². The molecule has 0 bridgehead atoms. The van der Waals surface area contributed by atoms with E-state index in [0.29, 0.717) is 12.6 Å². The van der Waals surface area contributed by atoms with E-state index in [4.69, 9.17) is 0 Å². The summed E-state index contributed by atoms with van der Waals surface area (Å²) < 4.78 is 64.2. The van der Waals surface area contributed by atoms with Crippen LogP contribution in [0.5, 0.6) is 0 Å². The van der Waals surface area contributed by atoms with E-state index in [1.54, 1.807) is 7.05 Å². The highest BCUT2D eigenvalue weighted by molar-refractivity contribution is 7.89. The maximum absolute atomic E-state index is 12.7. The Balaban J connectivity index is 2.04. The van der Waals surface area contributed by atoms with Gasteiger partial charge in [-0.3, -0.25) is 4.79 Å². The lowest BCUT2D eigenvalue weighted by atomic mass is 10.2. The SMILES string of the molecule is CN(C(=O)CNS(=O)(=O)c1cccc(C(F)(F)F)c1)C1CCNC1. The minimum absolute atomic E-state index is 0.0180. The van der Waals surface area contributed by atoms with E-state index in [9.17, 15) is 26.4 Å². The van der Waals surface area contributed by atoms with Gasteiger partial charge in [-0.2, -0.15) is 13.2 Å². The maximum Gasteiger partial charge on any atom is 0.416 e. The predicted molar refractivity (Wildman–Crippen MR) is 80.7 cm³/mol. The monoisotopic (exact) mass is 365 g/mol. The average Bonchev–Trinajstić information content (AvgIpc) is 3.05. The molecule has 6 nitrogen and oxygen atoms in total. The summed E-state index contributed by atoms with van der Waals surface area (Å²) in [5, 5.41) is 3.09. The molecule has 1 atom stereocenters. The molecular weight excluding hydrogens is 347 g/mol. The summed E-state index contributed by atoms with van der Waals surface area (Å²) >= 11 is 0. The zero-order chi connectivity index (χ0) is 18.0. The molecule has 24 heavy (non-hydrogen) atoms. The number of amides is 1. The van der Waals surface area contributed by atoms with Gasteiger partial charge in [-0.05, 0) is 31.2 Å². The molecule has 1 aliphatic rings. The first kappa shape index (κ1) is 18.7. The summed E-state index contributed by atoms with van der Waals surface area (Å²) in [5.74, 6) is -0.445. The first-order valence-electron chi connectivity index (χ1n) is 7.24. The van der Waals surface area contributed by atoms with Crippen LogP contribution in [0.4, 0.5) is 13.2 Å². The standard InChI is InChI=1S/C14H18F3N3O3S/c1-20(11-5-6-18-8-11)13(21)9-19-24(22,23)12-4-2-3-10(7-12)14(15,16)17/h2-4,7,11,18-19H,5-6,8-9H2,1H3. The van der Waals surface area contributed by atoms with Gasteiger partial charge in [-0.15, -0.1) is 0 Å². The van der Waals surface area contributed by atoms with Crippen molar-refractivity contribution in [1.82, 2.24) is 14.9 Å². The third kappa shape index (κ3) is 4.46. The Morgan fingerprint density at radius 3 is 2.71 bits per heavy atom. The van der Waals surface area contributed by atoms with Gasteiger partial charge >= 0.3 is 6.18 Å². The van der Waals surface area contributed by atoms with Crippen molar-refractivity contribution < 1.29 is 26.4 Å². The van der Waals surface area contributed by atoms with E-state index >= 15 is 0 Å². The lowest BCUT2D eigenvalue weighted by Gasteiger charge is -2.23. The van der Waals surface area contributed by atoms with Crippen LogP contribution in [0.1, 0.15) is 12.0 Å². The molecule has 10 heteroatoms. The largest absolute Gasteiger partial charge is 0.416 e. The van der Waals surface area contributed by atoms with Crippen molar-refractivity contribution in [3.8, 4) is 0 Å². The minimum atomic E-state index is -4.64. The number of likely N-dealkylation sites (N-methyl/N-ethyl adjacent to an activating group) is 1. The summed E-state index contributed by atoms with van der Waals surface area (Å²) in [6, 6.07) is 3.36. The Bertz CT molecular complexity index is 701. The van der Waals surface area contributed by atoms with Crippen molar-refractivity contribution in [1.29, 1.82) is 0 Å². The highest BCUT2D eigenvalue weighted by atomic mass is 32.2. The van der Waals surface area contributed by atoms with Crippen molar-refractivity contribution >= 4 is 15.9 Å².